The van der Waals surface area contributed by atoms with Gasteiger partial charge < -0.3 is 14.6 Å². The van der Waals surface area contributed by atoms with E-state index < -0.39 is 36.9 Å². The molecule has 0 saturated carbocycles. The minimum atomic E-state index is -3.26. The second-order valence-electron chi connectivity index (χ2n) is 6.87. The number of alkyl halides is 3. The molecule has 4 nitrogen and oxygen atoms in total. The predicted octanol–water partition coefficient (Wildman–Crippen LogP) is 2.58. The molecule has 1 fully saturated rings. The van der Waals surface area contributed by atoms with Crippen LogP contribution in [0, 0.1) is 6.92 Å². The summed E-state index contributed by atoms with van der Waals surface area (Å²) in [6, 6.07) is 4.55. The van der Waals surface area contributed by atoms with E-state index in [0.717, 1.165) is 5.46 Å². The van der Waals surface area contributed by atoms with Gasteiger partial charge in [-0.25, -0.2) is 13.2 Å². The van der Waals surface area contributed by atoms with E-state index >= 15 is 0 Å². The fourth-order valence-electron chi connectivity index (χ4n) is 2.32. The van der Waals surface area contributed by atoms with Crippen molar-refractivity contribution in [1.29, 1.82) is 0 Å². The van der Waals surface area contributed by atoms with Crippen LogP contribution >= 0.6 is 0 Å². The van der Waals surface area contributed by atoms with Gasteiger partial charge in [-0.3, -0.25) is 4.79 Å². The Morgan fingerprint density at radius 3 is 2.12 bits per heavy atom. The number of benzene rings is 1. The van der Waals surface area contributed by atoms with Crippen molar-refractivity contribution in [2.75, 3.05) is 0 Å². The van der Waals surface area contributed by atoms with Gasteiger partial charge in [0.15, 0.2) is 0 Å². The van der Waals surface area contributed by atoms with Crippen LogP contribution in [0.2, 0.25) is 0 Å². The standard InChI is InChI=1S/C16H21BF3NO3/c1-9-8-10(14(22)21-13(20)12(18)19)6-7-11(9)17-23-15(2,3)16(4,5)24-17/h6-8,12-13H,1-5H3,(H,21,22). The third-order valence-corrected chi connectivity index (χ3v) is 4.53. The van der Waals surface area contributed by atoms with Gasteiger partial charge in [-0.2, -0.15) is 0 Å². The highest BCUT2D eigenvalue weighted by molar-refractivity contribution is 6.62. The quantitative estimate of drug-likeness (QED) is 0.675. The Labute approximate surface area is 139 Å². The number of amides is 1. The molecule has 1 heterocycles. The van der Waals surface area contributed by atoms with Crippen LogP contribution in [0.1, 0.15) is 43.6 Å². The van der Waals surface area contributed by atoms with E-state index in [1.807, 2.05) is 27.7 Å². The van der Waals surface area contributed by atoms with Crippen molar-refractivity contribution in [3.05, 3.63) is 29.3 Å². The summed E-state index contributed by atoms with van der Waals surface area (Å²) < 4.78 is 49.2. The second kappa shape index (κ2) is 6.40. The Hall–Kier alpha value is -1.54. The summed E-state index contributed by atoms with van der Waals surface area (Å²) >= 11 is 0. The highest BCUT2D eigenvalue weighted by atomic mass is 19.3. The van der Waals surface area contributed by atoms with E-state index in [4.69, 9.17) is 9.31 Å². The number of rotatable bonds is 4. The van der Waals surface area contributed by atoms with E-state index in [1.54, 1.807) is 18.3 Å². The molecule has 1 aromatic carbocycles. The average Bonchev–Trinajstić information content (AvgIpc) is 2.66. The normalized spacial score (nSPS) is 20.3. The van der Waals surface area contributed by atoms with Crippen molar-refractivity contribution in [3.63, 3.8) is 0 Å². The monoisotopic (exact) mass is 343 g/mol. The maximum absolute atomic E-state index is 12.9. The molecule has 0 radical (unpaired) electrons. The molecule has 1 aliphatic rings. The molecule has 0 aromatic heterocycles. The zero-order chi connectivity index (χ0) is 18.3. The smallest absolute Gasteiger partial charge is 0.399 e. The van der Waals surface area contributed by atoms with Gasteiger partial charge in [0.25, 0.3) is 12.3 Å². The van der Waals surface area contributed by atoms with Crippen molar-refractivity contribution < 1.29 is 27.3 Å². The number of carbonyl (C=O) groups excluding carboxylic acids is 1. The predicted molar refractivity (Wildman–Crippen MR) is 85.3 cm³/mol. The minimum absolute atomic E-state index is 0.0936. The summed E-state index contributed by atoms with van der Waals surface area (Å²) in [4.78, 5) is 11.8. The molecule has 1 amide bonds. The van der Waals surface area contributed by atoms with Gasteiger partial charge >= 0.3 is 7.12 Å². The van der Waals surface area contributed by atoms with Crippen molar-refractivity contribution in [2.45, 2.75) is 58.5 Å². The molecule has 132 valence electrons. The molecular weight excluding hydrogens is 322 g/mol. The fraction of sp³-hybridized carbons (Fsp3) is 0.562. The van der Waals surface area contributed by atoms with Gasteiger partial charge in [0.1, 0.15) is 0 Å². The molecule has 1 saturated heterocycles. The highest BCUT2D eigenvalue weighted by Gasteiger charge is 2.52. The van der Waals surface area contributed by atoms with Crippen molar-refractivity contribution in [1.82, 2.24) is 5.32 Å². The lowest BCUT2D eigenvalue weighted by Crippen LogP contribution is -2.41. The Kier molecular flexibility index (Phi) is 5.02. The zero-order valence-electron chi connectivity index (χ0n) is 14.3. The fourth-order valence-corrected chi connectivity index (χ4v) is 2.32. The van der Waals surface area contributed by atoms with Crippen LogP contribution in [0.4, 0.5) is 13.2 Å². The first-order valence-corrected chi connectivity index (χ1v) is 7.64. The summed E-state index contributed by atoms with van der Waals surface area (Å²) in [5.74, 6) is -0.897. The van der Waals surface area contributed by atoms with Gasteiger partial charge in [0, 0.05) is 5.56 Å². The molecule has 1 N–H and O–H groups in total. The van der Waals surface area contributed by atoms with E-state index in [-0.39, 0.29) is 5.56 Å². The van der Waals surface area contributed by atoms with E-state index in [9.17, 15) is 18.0 Å². The summed E-state index contributed by atoms with van der Waals surface area (Å²) in [6.45, 7) is 9.45. The summed E-state index contributed by atoms with van der Waals surface area (Å²) in [5.41, 5.74) is 0.512. The lowest BCUT2D eigenvalue weighted by atomic mass is 9.76. The molecule has 0 bridgehead atoms. The topological polar surface area (TPSA) is 47.6 Å². The number of hydrogen-bond donors (Lipinski definition) is 1. The summed E-state index contributed by atoms with van der Waals surface area (Å²) in [5, 5.41) is 1.62. The Balaban J connectivity index is 2.18. The lowest BCUT2D eigenvalue weighted by molar-refractivity contribution is 0.00578. The number of aryl methyl sites for hydroxylation is 1. The summed E-state index contributed by atoms with van der Waals surface area (Å²) in [6.07, 6.45) is -5.96. The van der Waals surface area contributed by atoms with Crippen LogP contribution in [0.15, 0.2) is 18.2 Å². The number of hydrogen-bond acceptors (Lipinski definition) is 3. The molecule has 1 aromatic rings. The maximum Gasteiger partial charge on any atom is 0.495 e. The van der Waals surface area contributed by atoms with Gasteiger partial charge in [0.2, 0.25) is 6.30 Å². The van der Waals surface area contributed by atoms with E-state index in [0.29, 0.717) is 5.56 Å². The molecule has 0 spiro atoms. The van der Waals surface area contributed by atoms with Crippen LogP contribution < -0.4 is 10.8 Å². The zero-order valence-corrected chi connectivity index (χ0v) is 14.3. The van der Waals surface area contributed by atoms with Gasteiger partial charge in [-0.15, -0.1) is 0 Å². The van der Waals surface area contributed by atoms with E-state index in [1.165, 1.54) is 12.1 Å². The van der Waals surface area contributed by atoms with Gasteiger partial charge in [-0.1, -0.05) is 11.6 Å². The van der Waals surface area contributed by atoms with Crippen molar-refractivity contribution in [3.8, 4) is 0 Å². The first-order chi connectivity index (χ1) is 10.9. The number of halogens is 3. The highest BCUT2D eigenvalue weighted by Crippen LogP contribution is 2.36. The molecular formula is C16H21BF3NO3. The molecule has 1 atom stereocenters. The van der Waals surface area contributed by atoms with Gasteiger partial charge in [-0.05, 0) is 52.2 Å². The van der Waals surface area contributed by atoms with Crippen LogP contribution in [0.3, 0.4) is 0 Å². The maximum atomic E-state index is 12.9. The minimum Gasteiger partial charge on any atom is -0.399 e. The third kappa shape index (κ3) is 3.59. The Morgan fingerprint density at radius 1 is 1.12 bits per heavy atom. The summed E-state index contributed by atoms with van der Waals surface area (Å²) in [7, 11) is -0.595. The molecule has 24 heavy (non-hydrogen) atoms. The van der Waals surface area contributed by atoms with Crippen LogP contribution in [0.5, 0.6) is 0 Å². The molecule has 8 heteroatoms. The Morgan fingerprint density at radius 2 is 1.67 bits per heavy atom. The Bertz CT molecular complexity index is 621. The average molecular weight is 343 g/mol. The van der Waals surface area contributed by atoms with Crippen LogP contribution in [-0.2, 0) is 9.31 Å². The molecule has 2 rings (SSSR count). The van der Waals surface area contributed by atoms with Crippen molar-refractivity contribution >= 4 is 18.5 Å². The number of carbonyl (C=O) groups is 1. The SMILES string of the molecule is Cc1cc(C(=O)NC(F)C(F)F)ccc1B1OC(C)(C)C(C)(C)O1. The molecule has 0 aliphatic carbocycles. The third-order valence-electron chi connectivity index (χ3n) is 4.53. The molecule has 1 unspecified atom stereocenters. The largest absolute Gasteiger partial charge is 0.495 e. The second-order valence-corrected chi connectivity index (χ2v) is 6.87. The van der Waals surface area contributed by atoms with Gasteiger partial charge in [0.05, 0.1) is 11.2 Å². The lowest BCUT2D eigenvalue weighted by Gasteiger charge is -2.32. The number of nitrogens with one attached hydrogen (secondary N) is 1. The first kappa shape index (κ1) is 18.8. The molecule has 1 aliphatic heterocycles. The van der Waals surface area contributed by atoms with Crippen LogP contribution in [-0.4, -0.2) is 36.9 Å². The van der Waals surface area contributed by atoms with E-state index in [2.05, 4.69) is 0 Å². The first-order valence-electron chi connectivity index (χ1n) is 7.64. The van der Waals surface area contributed by atoms with Crippen molar-refractivity contribution in [2.24, 2.45) is 0 Å². The van der Waals surface area contributed by atoms with Crippen LogP contribution in [0.25, 0.3) is 0 Å².